The summed E-state index contributed by atoms with van der Waals surface area (Å²) >= 11 is 17.1. The topological polar surface area (TPSA) is 0 Å². The van der Waals surface area contributed by atoms with Crippen molar-refractivity contribution in [3.63, 3.8) is 0 Å². The van der Waals surface area contributed by atoms with Crippen LogP contribution in [0.5, 0.6) is 0 Å². The lowest BCUT2D eigenvalue weighted by atomic mass is 10.6. The van der Waals surface area contributed by atoms with Crippen LogP contribution in [0.15, 0.2) is 0 Å². The van der Waals surface area contributed by atoms with Crippen molar-refractivity contribution < 1.29 is 0 Å². The van der Waals surface area contributed by atoms with Crippen LogP contribution in [0.2, 0.25) is 12.6 Å². The zero-order valence-electron chi connectivity index (χ0n) is 5.46. The summed E-state index contributed by atoms with van der Waals surface area (Å²) in [6, 6.07) is 1.03. The van der Waals surface area contributed by atoms with Gasteiger partial charge in [0.05, 0.1) is 0 Å². The van der Waals surface area contributed by atoms with Crippen molar-refractivity contribution in [3.05, 3.63) is 0 Å². The minimum atomic E-state index is -1.55. The molecule has 0 radical (unpaired) electrons. The van der Waals surface area contributed by atoms with Gasteiger partial charge in [0, 0.05) is 11.4 Å². The lowest BCUT2D eigenvalue weighted by Gasteiger charge is -2.13. The molecule has 0 saturated carbocycles. The smallest absolute Gasteiger partial charge is 0.166 e. The van der Waals surface area contributed by atoms with Crippen LogP contribution < -0.4 is 0 Å². The molecule has 0 fully saturated rings. The summed E-state index contributed by atoms with van der Waals surface area (Å²) in [6.45, 7) is 2.06. The number of hydrogen-bond acceptors (Lipinski definition) is 0. The van der Waals surface area contributed by atoms with E-state index in [2.05, 4.69) is 6.55 Å². The fraction of sp³-hybridized carbons (Fsp3) is 1.00. The van der Waals surface area contributed by atoms with Crippen LogP contribution in [0.1, 0.15) is 6.42 Å². The van der Waals surface area contributed by atoms with Crippen LogP contribution >= 0.6 is 34.3 Å². The van der Waals surface area contributed by atoms with Gasteiger partial charge in [-0.1, -0.05) is 6.55 Å². The standard InChI is InChI=1S/C5H11Cl3Si/c1-9(8,5-7)4-2-3-6/h2-5H2,1H3. The number of halogens is 3. The van der Waals surface area contributed by atoms with Crippen molar-refractivity contribution in [1.29, 1.82) is 0 Å². The third-order valence-electron chi connectivity index (χ3n) is 1.11. The Morgan fingerprint density at radius 3 is 2.22 bits per heavy atom. The van der Waals surface area contributed by atoms with Gasteiger partial charge in [-0.15, -0.1) is 23.2 Å². The first-order valence-corrected chi connectivity index (χ1v) is 7.93. The third kappa shape index (κ3) is 5.53. The van der Waals surface area contributed by atoms with Gasteiger partial charge in [-0.05, 0) is 12.5 Å². The molecule has 0 aliphatic heterocycles. The summed E-state index contributed by atoms with van der Waals surface area (Å²) in [4.78, 5) is 0. The zero-order valence-corrected chi connectivity index (χ0v) is 8.73. The molecule has 0 aromatic carbocycles. The van der Waals surface area contributed by atoms with E-state index in [1.807, 2.05) is 0 Å². The average Bonchev–Trinajstić information content (AvgIpc) is 1.84. The third-order valence-corrected chi connectivity index (χ3v) is 6.48. The highest BCUT2D eigenvalue weighted by molar-refractivity contribution is 7.21. The van der Waals surface area contributed by atoms with Crippen LogP contribution in [0.25, 0.3) is 0 Å². The van der Waals surface area contributed by atoms with E-state index in [0.29, 0.717) is 11.4 Å². The van der Waals surface area contributed by atoms with Crippen LogP contribution in [0.3, 0.4) is 0 Å². The van der Waals surface area contributed by atoms with Gasteiger partial charge < -0.3 is 0 Å². The van der Waals surface area contributed by atoms with E-state index < -0.39 is 7.38 Å². The Labute approximate surface area is 72.2 Å². The largest absolute Gasteiger partial charge is 0.168 e. The molecule has 4 heteroatoms. The second-order valence-electron chi connectivity index (χ2n) is 2.34. The maximum absolute atomic E-state index is 6.05. The fourth-order valence-electron chi connectivity index (χ4n) is 0.502. The van der Waals surface area contributed by atoms with Gasteiger partial charge in [-0.25, -0.2) is 0 Å². The Morgan fingerprint density at radius 1 is 1.33 bits per heavy atom. The summed E-state index contributed by atoms with van der Waals surface area (Å²) in [5.74, 6) is 0.701. The molecular formula is C5H11Cl3Si. The van der Waals surface area contributed by atoms with Crippen molar-refractivity contribution in [3.8, 4) is 0 Å². The van der Waals surface area contributed by atoms with Gasteiger partial charge >= 0.3 is 0 Å². The molecule has 0 spiro atoms. The molecule has 56 valence electrons. The number of alkyl halides is 2. The first-order valence-electron chi connectivity index (χ1n) is 2.93. The maximum Gasteiger partial charge on any atom is 0.168 e. The minimum Gasteiger partial charge on any atom is -0.166 e. The highest BCUT2D eigenvalue weighted by atomic mass is 35.6. The van der Waals surface area contributed by atoms with E-state index in [-0.39, 0.29) is 0 Å². The molecule has 0 N–H and O–H groups in total. The second-order valence-corrected chi connectivity index (χ2v) is 9.85. The SMILES string of the molecule is C[Si](Cl)(CCl)CCCCl. The molecule has 0 aromatic rings. The summed E-state index contributed by atoms with van der Waals surface area (Å²) in [5.41, 5.74) is 0.630. The van der Waals surface area contributed by atoms with Crippen molar-refractivity contribution >= 4 is 41.7 Å². The molecule has 0 aliphatic rings. The lowest BCUT2D eigenvalue weighted by molar-refractivity contribution is 1.07. The molecule has 0 aliphatic carbocycles. The number of hydrogen-bond donors (Lipinski definition) is 0. The Kier molecular flexibility index (Phi) is 5.42. The molecule has 1 unspecified atom stereocenters. The summed E-state index contributed by atoms with van der Waals surface area (Å²) < 4.78 is 0. The number of rotatable bonds is 4. The van der Waals surface area contributed by atoms with Crippen molar-refractivity contribution in [2.75, 3.05) is 11.4 Å². The lowest BCUT2D eigenvalue weighted by Crippen LogP contribution is -2.24. The van der Waals surface area contributed by atoms with Crippen molar-refractivity contribution in [2.24, 2.45) is 0 Å². The first-order chi connectivity index (χ1) is 4.12. The molecule has 0 nitrogen and oxygen atoms in total. The van der Waals surface area contributed by atoms with Crippen molar-refractivity contribution in [2.45, 2.75) is 19.0 Å². The Hall–Kier alpha value is 1.09. The maximum atomic E-state index is 6.05. The molecule has 0 rings (SSSR count). The van der Waals surface area contributed by atoms with Crippen LogP contribution in [0.4, 0.5) is 0 Å². The predicted octanol–water partition coefficient (Wildman–Crippen LogP) is 3.21. The molecule has 0 aromatic heterocycles. The van der Waals surface area contributed by atoms with Crippen molar-refractivity contribution in [1.82, 2.24) is 0 Å². The fourth-order valence-corrected chi connectivity index (χ4v) is 2.71. The van der Waals surface area contributed by atoms with Crippen LogP contribution in [-0.4, -0.2) is 18.8 Å². The van der Waals surface area contributed by atoms with Gasteiger partial charge in [-0.3, -0.25) is 0 Å². The monoisotopic (exact) mass is 204 g/mol. The molecule has 9 heavy (non-hydrogen) atoms. The summed E-state index contributed by atoms with van der Waals surface area (Å²) in [7, 11) is -1.55. The first kappa shape index (κ1) is 10.1. The van der Waals surface area contributed by atoms with Gasteiger partial charge in [0.25, 0.3) is 0 Å². The molecular weight excluding hydrogens is 194 g/mol. The van der Waals surface area contributed by atoms with E-state index in [9.17, 15) is 0 Å². The van der Waals surface area contributed by atoms with E-state index in [4.69, 9.17) is 34.3 Å². The molecule has 0 saturated heterocycles. The van der Waals surface area contributed by atoms with E-state index in [0.717, 1.165) is 12.5 Å². The average molecular weight is 206 g/mol. The van der Waals surface area contributed by atoms with E-state index in [1.54, 1.807) is 0 Å². The quantitative estimate of drug-likeness (QED) is 0.376. The van der Waals surface area contributed by atoms with Crippen LogP contribution in [0, 0.1) is 0 Å². The highest BCUT2D eigenvalue weighted by Crippen LogP contribution is 2.18. The van der Waals surface area contributed by atoms with Crippen LogP contribution in [-0.2, 0) is 0 Å². The molecule has 0 amide bonds. The minimum absolute atomic E-state index is 0.630. The second kappa shape index (κ2) is 4.83. The van der Waals surface area contributed by atoms with Gasteiger partial charge in [0.1, 0.15) is 0 Å². The Morgan fingerprint density at radius 2 is 1.89 bits per heavy atom. The summed E-state index contributed by atoms with van der Waals surface area (Å²) in [5, 5.41) is 0. The highest BCUT2D eigenvalue weighted by Gasteiger charge is 2.21. The zero-order chi connectivity index (χ0) is 7.33. The molecule has 0 heterocycles. The van der Waals surface area contributed by atoms with E-state index in [1.165, 1.54) is 0 Å². The Balaban J connectivity index is 3.33. The summed E-state index contributed by atoms with van der Waals surface area (Å²) in [6.07, 6.45) is 1.00. The Bertz CT molecular complexity index is 74.6. The van der Waals surface area contributed by atoms with Gasteiger partial charge in [-0.2, -0.15) is 11.1 Å². The van der Waals surface area contributed by atoms with E-state index >= 15 is 0 Å². The van der Waals surface area contributed by atoms with Gasteiger partial charge in [0.15, 0.2) is 7.38 Å². The normalized spacial score (nSPS) is 17.3. The molecule has 1 atom stereocenters. The predicted molar refractivity (Wildman–Crippen MR) is 48.3 cm³/mol. The molecule has 0 bridgehead atoms. The van der Waals surface area contributed by atoms with Gasteiger partial charge in [0.2, 0.25) is 0 Å².